The lowest BCUT2D eigenvalue weighted by Crippen LogP contribution is -2.47. The highest BCUT2D eigenvalue weighted by Crippen LogP contribution is 2.17. The molecule has 0 spiro atoms. The van der Waals surface area contributed by atoms with Crippen molar-refractivity contribution in [2.24, 2.45) is 0 Å². The topological polar surface area (TPSA) is 104 Å². The zero-order valence-electron chi connectivity index (χ0n) is 38.7. The summed E-state index contributed by atoms with van der Waals surface area (Å²) in [7, 11) is -4.31. The van der Waals surface area contributed by atoms with Crippen LogP contribution in [0.15, 0.2) is 24.3 Å². The van der Waals surface area contributed by atoms with E-state index in [4.69, 9.17) is 0 Å². The van der Waals surface area contributed by atoms with Crippen LogP contribution in [0.3, 0.4) is 0 Å². The Kier molecular flexibility index (Phi) is 44.4. The van der Waals surface area contributed by atoms with Crippen molar-refractivity contribution >= 4 is 16.0 Å². The Morgan fingerprint density at radius 1 is 0.466 bits per heavy atom. The van der Waals surface area contributed by atoms with Gasteiger partial charge in [0, 0.05) is 6.42 Å². The van der Waals surface area contributed by atoms with Crippen LogP contribution in [0.25, 0.3) is 0 Å². The molecule has 0 bridgehead atoms. The molecule has 6 nitrogen and oxygen atoms in total. The highest BCUT2D eigenvalue weighted by atomic mass is 32.2. The van der Waals surface area contributed by atoms with Crippen LogP contribution >= 0.6 is 0 Å². The van der Waals surface area contributed by atoms with Gasteiger partial charge < -0.3 is 10.4 Å². The first-order valence-electron chi connectivity index (χ1n) is 25.5. The standard InChI is InChI=1S/C51H99NO5S/c1-3-5-7-9-11-13-15-17-19-21-23-25-26-27-29-31-33-35-37-39-41-43-45-47-51(54)52-49(48-58(55,56)57)50(53)46-44-42-40-38-36-34-32-30-28-24-22-20-18-16-14-12-10-8-6-4-2/h15,17,21,23,49-50,53H,3-14,16,18-20,22,24-48H2,1-2H3,(H,52,54)(H,55,56,57)/b17-15-,23-21-. The van der Waals surface area contributed by atoms with Crippen LogP contribution in [0.2, 0.25) is 0 Å². The maximum absolute atomic E-state index is 12.6. The van der Waals surface area contributed by atoms with E-state index in [2.05, 4.69) is 43.5 Å². The number of unbranched alkanes of at least 4 members (excludes halogenated alkanes) is 35. The van der Waals surface area contributed by atoms with Gasteiger partial charge in [0.05, 0.1) is 17.9 Å². The SMILES string of the molecule is CCCCCCC/C=C\C/C=C\CCCCCCCCCCCCCC(=O)NC(CS(=O)(=O)O)C(O)CCCCCCCCCCCCCCCCCCCCCC. The number of hydrogen-bond acceptors (Lipinski definition) is 4. The van der Waals surface area contributed by atoms with Gasteiger partial charge in [0.15, 0.2) is 0 Å². The summed E-state index contributed by atoms with van der Waals surface area (Å²) in [6.07, 6.45) is 58.6. The van der Waals surface area contributed by atoms with Crippen molar-refractivity contribution in [2.45, 2.75) is 289 Å². The fourth-order valence-corrected chi connectivity index (χ4v) is 8.84. The predicted molar refractivity (Wildman–Crippen MR) is 253 cm³/mol. The number of nitrogens with one attached hydrogen (secondary N) is 1. The lowest BCUT2D eigenvalue weighted by Gasteiger charge is -2.23. The van der Waals surface area contributed by atoms with Crippen molar-refractivity contribution < 1.29 is 22.9 Å². The minimum atomic E-state index is -4.31. The minimum Gasteiger partial charge on any atom is -0.391 e. The highest BCUT2D eigenvalue weighted by Gasteiger charge is 2.26. The second kappa shape index (κ2) is 45.3. The second-order valence-corrected chi connectivity index (χ2v) is 19.3. The molecule has 2 unspecified atom stereocenters. The molecule has 3 N–H and O–H groups in total. The number of carbonyl (C=O) groups is 1. The summed E-state index contributed by atoms with van der Waals surface area (Å²) in [4.78, 5) is 12.6. The Bertz CT molecular complexity index is 1010. The molecule has 1 amide bonds. The molecular formula is C51H99NO5S. The van der Waals surface area contributed by atoms with Crippen molar-refractivity contribution in [1.82, 2.24) is 5.32 Å². The molecule has 0 aliphatic rings. The van der Waals surface area contributed by atoms with Crippen molar-refractivity contribution in [3.8, 4) is 0 Å². The van der Waals surface area contributed by atoms with Crippen molar-refractivity contribution in [2.75, 3.05) is 5.75 Å². The molecule has 344 valence electrons. The van der Waals surface area contributed by atoms with Gasteiger partial charge >= 0.3 is 0 Å². The van der Waals surface area contributed by atoms with Crippen molar-refractivity contribution in [3.63, 3.8) is 0 Å². The summed E-state index contributed by atoms with van der Waals surface area (Å²) >= 11 is 0. The smallest absolute Gasteiger partial charge is 0.266 e. The summed E-state index contributed by atoms with van der Waals surface area (Å²) in [5.41, 5.74) is 0. The van der Waals surface area contributed by atoms with Crippen LogP contribution in [0.1, 0.15) is 277 Å². The zero-order valence-corrected chi connectivity index (χ0v) is 39.5. The minimum absolute atomic E-state index is 0.243. The third-order valence-corrected chi connectivity index (χ3v) is 12.7. The molecule has 0 aliphatic carbocycles. The molecule has 0 saturated heterocycles. The van der Waals surface area contributed by atoms with E-state index >= 15 is 0 Å². The Labute approximate surface area is 362 Å². The molecule has 2 atom stereocenters. The third kappa shape index (κ3) is 45.9. The van der Waals surface area contributed by atoms with Crippen LogP contribution in [0.5, 0.6) is 0 Å². The van der Waals surface area contributed by atoms with E-state index in [-0.39, 0.29) is 5.91 Å². The Hall–Kier alpha value is -1.18. The van der Waals surface area contributed by atoms with Crippen LogP contribution in [-0.2, 0) is 14.9 Å². The monoisotopic (exact) mass is 838 g/mol. The Morgan fingerprint density at radius 2 is 0.776 bits per heavy atom. The molecule has 0 aromatic carbocycles. The van der Waals surface area contributed by atoms with E-state index in [1.54, 1.807) is 0 Å². The normalized spacial score (nSPS) is 13.2. The molecule has 0 aromatic heterocycles. The lowest BCUT2D eigenvalue weighted by molar-refractivity contribution is -0.122. The first-order chi connectivity index (χ1) is 28.3. The fourth-order valence-electron chi connectivity index (χ4n) is 8.08. The fraction of sp³-hybridized carbons (Fsp3) is 0.902. The van der Waals surface area contributed by atoms with E-state index in [0.29, 0.717) is 12.8 Å². The van der Waals surface area contributed by atoms with Crippen molar-refractivity contribution in [3.05, 3.63) is 24.3 Å². The largest absolute Gasteiger partial charge is 0.391 e. The van der Waals surface area contributed by atoms with Crippen LogP contribution in [0, 0.1) is 0 Å². The van der Waals surface area contributed by atoms with Crippen LogP contribution in [0.4, 0.5) is 0 Å². The number of carbonyl (C=O) groups excluding carboxylic acids is 1. The average molecular weight is 838 g/mol. The van der Waals surface area contributed by atoms with E-state index < -0.39 is 28.0 Å². The van der Waals surface area contributed by atoms with Gasteiger partial charge in [-0.25, -0.2) is 0 Å². The van der Waals surface area contributed by atoms with Gasteiger partial charge in [-0.1, -0.05) is 250 Å². The average Bonchev–Trinajstić information content (AvgIpc) is 3.19. The molecule has 7 heteroatoms. The Morgan fingerprint density at radius 3 is 1.12 bits per heavy atom. The van der Waals surface area contributed by atoms with Gasteiger partial charge in [0.2, 0.25) is 5.91 Å². The molecule has 0 saturated carbocycles. The van der Waals surface area contributed by atoms with E-state index in [1.165, 1.54) is 205 Å². The number of aliphatic hydroxyl groups excluding tert-OH is 1. The van der Waals surface area contributed by atoms with E-state index in [0.717, 1.165) is 44.9 Å². The summed E-state index contributed by atoms with van der Waals surface area (Å²) in [6.45, 7) is 4.55. The second-order valence-electron chi connectivity index (χ2n) is 17.8. The lowest BCUT2D eigenvalue weighted by atomic mass is 10.0. The molecule has 0 heterocycles. The first kappa shape index (κ1) is 56.8. The van der Waals surface area contributed by atoms with Gasteiger partial charge in [-0.05, 0) is 44.9 Å². The maximum atomic E-state index is 12.6. The maximum Gasteiger partial charge on any atom is 0.266 e. The molecule has 0 rings (SSSR count). The number of hydrogen-bond donors (Lipinski definition) is 3. The quantitative estimate of drug-likeness (QED) is 0.0322. The highest BCUT2D eigenvalue weighted by molar-refractivity contribution is 7.85. The third-order valence-electron chi connectivity index (χ3n) is 11.9. The van der Waals surface area contributed by atoms with Crippen LogP contribution < -0.4 is 5.32 Å². The molecule has 58 heavy (non-hydrogen) atoms. The molecular weight excluding hydrogens is 739 g/mol. The van der Waals surface area contributed by atoms with Gasteiger partial charge in [0.25, 0.3) is 10.1 Å². The first-order valence-corrected chi connectivity index (χ1v) is 27.1. The van der Waals surface area contributed by atoms with Crippen molar-refractivity contribution in [1.29, 1.82) is 0 Å². The number of rotatable bonds is 47. The Balaban J connectivity index is 3.74. The van der Waals surface area contributed by atoms with Crippen LogP contribution in [-0.4, -0.2) is 41.9 Å². The summed E-state index contributed by atoms with van der Waals surface area (Å²) < 4.78 is 32.7. The van der Waals surface area contributed by atoms with Gasteiger partial charge in [-0.2, -0.15) is 8.42 Å². The van der Waals surface area contributed by atoms with Gasteiger partial charge in [-0.15, -0.1) is 0 Å². The molecule has 0 radical (unpaired) electrons. The number of aliphatic hydroxyl groups is 1. The molecule has 0 fully saturated rings. The number of allylic oxidation sites excluding steroid dienone is 4. The zero-order chi connectivity index (χ0) is 42.5. The van der Waals surface area contributed by atoms with E-state index in [1.807, 2.05) is 0 Å². The predicted octanol–water partition coefficient (Wildman–Crippen LogP) is 15.9. The molecule has 0 aromatic rings. The number of amides is 1. The summed E-state index contributed by atoms with van der Waals surface area (Å²) in [5, 5.41) is 13.5. The van der Waals surface area contributed by atoms with E-state index in [9.17, 15) is 22.9 Å². The summed E-state index contributed by atoms with van der Waals surface area (Å²) in [6, 6.07) is -0.971. The van der Waals surface area contributed by atoms with Gasteiger partial charge in [-0.3, -0.25) is 9.35 Å². The molecule has 0 aliphatic heterocycles. The summed E-state index contributed by atoms with van der Waals surface area (Å²) in [5.74, 6) is -0.889. The van der Waals surface area contributed by atoms with Gasteiger partial charge in [0.1, 0.15) is 0 Å².